The number of allylic oxidation sites excluding steroid dienone is 1. The van der Waals surface area contributed by atoms with Gasteiger partial charge in [0.15, 0.2) is 0 Å². The van der Waals surface area contributed by atoms with Crippen molar-refractivity contribution in [2.45, 2.75) is 44.0 Å². The highest BCUT2D eigenvalue weighted by Gasteiger charge is 2.64. The minimum absolute atomic E-state index is 0.0876. The Morgan fingerprint density at radius 3 is 2.18 bits per heavy atom. The maximum absolute atomic E-state index is 14.6. The van der Waals surface area contributed by atoms with Gasteiger partial charge in [0.25, 0.3) is 0 Å². The van der Waals surface area contributed by atoms with E-state index in [1.54, 1.807) is 12.1 Å². The normalized spacial score (nSPS) is 20.9. The molecular weight excluding hydrogens is 579 g/mol. The van der Waals surface area contributed by atoms with Crippen LogP contribution in [-0.2, 0) is 34.2 Å². The summed E-state index contributed by atoms with van der Waals surface area (Å²) in [4.78, 5) is 28.9. The molecule has 8 heteroatoms. The van der Waals surface area contributed by atoms with Crippen molar-refractivity contribution >= 4 is 12.0 Å². The van der Waals surface area contributed by atoms with E-state index in [1.807, 2.05) is 73.7 Å². The van der Waals surface area contributed by atoms with E-state index in [0.29, 0.717) is 35.3 Å². The molecule has 0 N–H and O–H groups in total. The molecule has 0 radical (unpaired) electrons. The number of amides is 2. The van der Waals surface area contributed by atoms with Crippen LogP contribution in [0.15, 0.2) is 115 Å². The van der Waals surface area contributed by atoms with E-state index in [2.05, 4.69) is 6.58 Å². The summed E-state index contributed by atoms with van der Waals surface area (Å²) < 4.78 is 51.6. The number of cyclic esters (lactones) is 1. The Labute approximate surface area is 259 Å². The maximum Gasteiger partial charge on any atom is 0.417 e. The molecule has 1 aliphatic heterocycles. The molecule has 2 unspecified atom stereocenters. The number of imide groups is 1. The standard InChI is InChI=1S/C37H32F3NO4/c1-24(2)33-21-36(33,34(42)41-31(23-45-35(41)43)17-25-9-5-3-6-10-25)30-18-28(27-13-15-29(16-14-27)37(38,39)40)19-32(20-30)44-22-26-11-7-4-8-12-26/h3-16,18-20,31,33H,1,17,21-23H2,2H3/t31-,33?,36?/m1/s1. The lowest BCUT2D eigenvalue weighted by Gasteiger charge is -2.27. The van der Waals surface area contributed by atoms with Crippen LogP contribution in [0.3, 0.4) is 0 Å². The molecule has 1 saturated carbocycles. The SMILES string of the molecule is C=C(C)C1CC1(C(=O)N1C(=O)OC[C@H]1Cc1ccccc1)c1cc(OCc2ccccc2)cc(-c2ccc(C(F)(F)F)cc2)c1. The van der Waals surface area contributed by atoms with Crippen molar-refractivity contribution in [1.29, 1.82) is 0 Å². The minimum Gasteiger partial charge on any atom is -0.489 e. The molecule has 0 aromatic heterocycles. The quantitative estimate of drug-likeness (QED) is 0.179. The Bertz CT molecular complexity index is 1720. The van der Waals surface area contributed by atoms with Gasteiger partial charge in [0.1, 0.15) is 19.0 Å². The van der Waals surface area contributed by atoms with Gasteiger partial charge in [-0.2, -0.15) is 13.2 Å². The Balaban J connectivity index is 1.41. The fourth-order valence-corrected chi connectivity index (χ4v) is 6.20. The molecular formula is C37H32F3NO4. The van der Waals surface area contributed by atoms with Crippen LogP contribution in [0.2, 0.25) is 0 Å². The molecule has 1 saturated heterocycles. The number of nitrogens with zero attached hydrogens (tertiary/aromatic N) is 1. The molecule has 3 atom stereocenters. The van der Waals surface area contributed by atoms with Gasteiger partial charge in [-0.3, -0.25) is 4.79 Å². The van der Waals surface area contributed by atoms with Crippen molar-refractivity contribution in [2.24, 2.45) is 5.92 Å². The lowest BCUT2D eigenvalue weighted by atomic mass is 9.86. The van der Waals surface area contributed by atoms with Crippen LogP contribution in [0.4, 0.5) is 18.0 Å². The smallest absolute Gasteiger partial charge is 0.417 e. The van der Waals surface area contributed by atoms with E-state index in [0.717, 1.165) is 28.8 Å². The number of carbonyl (C=O) groups is 2. The molecule has 45 heavy (non-hydrogen) atoms. The maximum atomic E-state index is 14.6. The lowest BCUT2D eigenvalue weighted by molar-refractivity contribution is -0.137. The number of ether oxygens (including phenoxy) is 2. The molecule has 5 nitrogen and oxygen atoms in total. The topological polar surface area (TPSA) is 55.8 Å². The highest BCUT2D eigenvalue weighted by Crippen LogP contribution is 2.60. The van der Waals surface area contributed by atoms with Crippen molar-refractivity contribution < 1.29 is 32.2 Å². The van der Waals surface area contributed by atoms with Crippen molar-refractivity contribution in [2.75, 3.05) is 6.61 Å². The van der Waals surface area contributed by atoms with Gasteiger partial charge >= 0.3 is 12.3 Å². The molecule has 230 valence electrons. The minimum atomic E-state index is -4.47. The second-order valence-electron chi connectivity index (χ2n) is 11.8. The van der Waals surface area contributed by atoms with Crippen LogP contribution in [0, 0.1) is 5.92 Å². The van der Waals surface area contributed by atoms with Gasteiger partial charge in [-0.25, -0.2) is 9.69 Å². The van der Waals surface area contributed by atoms with Gasteiger partial charge in [-0.15, -0.1) is 0 Å². The van der Waals surface area contributed by atoms with Crippen LogP contribution in [0.25, 0.3) is 11.1 Å². The second-order valence-corrected chi connectivity index (χ2v) is 11.8. The third-order valence-corrected chi connectivity index (χ3v) is 8.65. The summed E-state index contributed by atoms with van der Waals surface area (Å²) in [6.45, 7) is 6.33. The summed E-state index contributed by atoms with van der Waals surface area (Å²) in [5.41, 5.74) is 2.57. The van der Waals surface area contributed by atoms with E-state index >= 15 is 0 Å². The van der Waals surface area contributed by atoms with E-state index < -0.39 is 29.3 Å². The van der Waals surface area contributed by atoms with E-state index in [-0.39, 0.29) is 25.0 Å². The predicted octanol–water partition coefficient (Wildman–Crippen LogP) is 8.38. The first-order valence-corrected chi connectivity index (χ1v) is 14.8. The van der Waals surface area contributed by atoms with Crippen LogP contribution >= 0.6 is 0 Å². The van der Waals surface area contributed by atoms with E-state index in [4.69, 9.17) is 9.47 Å². The van der Waals surface area contributed by atoms with Crippen LogP contribution in [0.5, 0.6) is 5.75 Å². The average Bonchev–Trinajstić information content (AvgIpc) is 3.72. The molecule has 2 amide bonds. The molecule has 4 aromatic carbocycles. The number of carbonyl (C=O) groups excluding carboxylic acids is 2. The first kappa shape index (κ1) is 30.2. The van der Waals surface area contributed by atoms with Gasteiger partial charge < -0.3 is 9.47 Å². The van der Waals surface area contributed by atoms with Crippen LogP contribution in [0.1, 0.15) is 35.6 Å². The summed E-state index contributed by atoms with van der Waals surface area (Å²) in [5, 5.41) is 0. The fourth-order valence-electron chi connectivity index (χ4n) is 6.20. The summed E-state index contributed by atoms with van der Waals surface area (Å²) in [6.07, 6.45) is -4.28. The van der Waals surface area contributed by atoms with E-state index in [9.17, 15) is 22.8 Å². The van der Waals surface area contributed by atoms with Gasteiger partial charge in [-0.1, -0.05) is 84.9 Å². The predicted molar refractivity (Wildman–Crippen MR) is 164 cm³/mol. The molecule has 6 rings (SSSR count). The molecule has 1 aliphatic carbocycles. The number of benzene rings is 4. The van der Waals surface area contributed by atoms with Crippen molar-refractivity contribution in [1.82, 2.24) is 4.90 Å². The average molecular weight is 612 g/mol. The summed E-state index contributed by atoms with van der Waals surface area (Å²) in [5.74, 6) is -0.172. The Morgan fingerprint density at radius 1 is 0.933 bits per heavy atom. The van der Waals surface area contributed by atoms with Crippen LogP contribution < -0.4 is 4.74 Å². The number of alkyl halides is 3. The number of hydrogen-bond donors (Lipinski definition) is 0. The first-order valence-electron chi connectivity index (χ1n) is 14.8. The summed E-state index contributed by atoms with van der Waals surface area (Å²) >= 11 is 0. The Kier molecular flexibility index (Phi) is 7.99. The molecule has 0 spiro atoms. The van der Waals surface area contributed by atoms with Gasteiger partial charge in [-0.05, 0) is 83.8 Å². The highest BCUT2D eigenvalue weighted by atomic mass is 19.4. The molecule has 4 aromatic rings. The Morgan fingerprint density at radius 2 is 1.58 bits per heavy atom. The second kappa shape index (κ2) is 11.9. The molecule has 2 aliphatic rings. The zero-order valence-corrected chi connectivity index (χ0v) is 24.7. The third-order valence-electron chi connectivity index (χ3n) is 8.65. The fraction of sp³-hybridized carbons (Fsp3) is 0.243. The summed E-state index contributed by atoms with van der Waals surface area (Å²) in [7, 11) is 0. The molecule has 0 bridgehead atoms. The van der Waals surface area contributed by atoms with Gasteiger partial charge in [0.2, 0.25) is 5.91 Å². The van der Waals surface area contributed by atoms with Crippen molar-refractivity contribution in [3.8, 4) is 16.9 Å². The lowest BCUT2D eigenvalue weighted by Crippen LogP contribution is -2.46. The summed E-state index contributed by atoms with van der Waals surface area (Å²) in [6, 6.07) is 28.9. The third kappa shape index (κ3) is 6.10. The zero-order chi connectivity index (χ0) is 31.8. The van der Waals surface area contributed by atoms with Crippen molar-refractivity contribution in [3.63, 3.8) is 0 Å². The van der Waals surface area contributed by atoms with Crippen molar-refractivity contribution in [3.05, 3.63) is 138 Å². The first-order chi connectivity index (χ1) is 21.6. The number of halogens is 3. The largest absolute Gasteiger partial charge is 0.489 e. The molecule has 2 fully saturated rings. The zero-order valence-electron chi connectivity index (χ0n) is 24.7. The monoisotopic (exact) mass is 611 g/mol. The van der Waals surface area contributed by atoms with Gasteiger partial charge in [0.05, 0.1) is 17.0 Å². The number of hydrogen-bond acceptors (Lipinski definition) is 4. The Hall–Kier alpha value is -4.85. The highest BCUT2D eigenvalue weighted by molar-refractivity contribution is 6.02. The number of rotatable bonds is 9. The van der Waals surface area contributed by atoms with Gasteiger partial charge in [0, 0.05) is 0 Å². The van der Waals surface area contributed by atoms with E-state index in [1.165, 1.54) is 17.0 Å². The molecule has 1 heterocycles. The van der Waals surface area contributed by atoms with Crippen LogP contribution in [-0.4, -0.2) is 29.5 Å².